The van der Waals surface area contributed by atoms with Gasteiger partial charge in [-0.05, 0) is 54.6 Å². The first kappa shape index (κ1) is 31.2. The Bertz CT molecular complexity index is 1480. The van der Waals surface area contributed by atoms with Crippen LogP contribution >= 0.6 is 34.8 Å². The molecule has 0 radical (unpaired) electrons. The molecule has 226 valence electrons. The summed E-state index contributed by atoms with van der Waals surface area (Å²) in [5.41, 5.74) is 0.824. The molecule has 2 aliphatic rings. The number of piperazine rings is 1. The summed E-state index contributed by atoms with van der Waals surface area (Å²) >= 11 is 18.8. The van der Waals surface area contributed by atoms with Gasteiger partial charge in [0.15, 0.2) is 19.3 Å². The van der Waals surface area contributed by atoms with Crippen LogP contribution in [-0.4, -0.2) is 65.5 Å². The number of rotatable bonds is 7. The normalized spacial score (nSPS) is 20.8. The lowest BCUT2D eigenvalue weighted by atomic mass is 9.99. The van der Waals surface area contributed by atoms with E-state index in [-0.39, 0.29) is 57.2 Å². The van der Waals surface area contributed by atoms with Crippen LogP contribution in [0.4, 0.5) is 15.0 Å². The maximum atomic E-state index is 15.1. The number of benzene rings is 1. The molecule has 2 aliphatic heterocycles. The van der Waals surface area contributed by atoms with Gasteiger partial charge in [-0.3, -0.25) is 4.90 Å². The number of carbonyl (C=O) groups is 1. The maximum absolute atomic E-state index is 15.1. The zero-order chi connectivity index (χ0) is 30.4. The van der Waals surface area contributed by atoms with E-state index in [9.17, 15) is 4.79 Å². The first-order valence-electron chi connectivity index (χ1n) is 14.1. The summed E-state index contributed by atoms with van der Waals surface area (Å²) in [5.74, 6) is -0.449. The van der Waals surface area contributed by atoms with Gasteiger partial charge in [0.05, 0.1) is 23.5 Å². The highest BCUT2D eigenvalue weighted by molar-refractivity contribution is 6.74. The third-order valence-electron chi connectivity index (χ3n) is 8.82. The van der Waals surface area contributed by atoms with Crippen LogP contribution in [0, 0.1) is 5.82 Å². The fourth-order valence-corrected chi connectivity index (χ4v) is 7.33. The Kier molecular flexibility index (Phi) is 8.94. The molecule has 2 saturated heterocycles. The SMILES string of the molecule is CC(C)(C)[Si](C)(C)OCC[C@@H]1[C@H]2CC[C@@H](CN1c1nc(Cl)nc3c(F)c(Cl)nc(Cl)c13)N2C(=O)OCc1ccccc1. The van der Waals surface area contributed by atoms with Crippen molar-refractivity contribution in [3.8, 4) is 0 Å². The third-order valence-corrected chi connectivity index (χ3v) is 14.1. The van der Waals surface area contributed by atoms with E-state index in [0.717, 1.165) is 18.4 Å². The highest BCUT2D eigenvalue weighted by Crippen LogP contribution is 2.43. The van der Waals surface area contributed by atoms with Gasteiger partial charge >= 0.3 is 6.09 Å². The molecule has 0 unspecified atom stereocenters. The van der Waals surface area contributed by atoms with Crippen molar-refractivity contribution < 1.29 is 18.3 Å². The van der Waals surface area contributed by atoms with Gasteiger partial charge in [0.25, 0.3) is 0 Å². The standard InChI is InChI=1S/C29H35Cl3FN5O3Si/c1-29(2,3)42(4,5)41-14-13-19-20-12-11-18(38(20)28(39)40-16-17-9-7-6-8-10-17)15-37(19)26-21-23(34-27(32)36-26)22(33)25(31)35-24(21)30/h6-10,18-20H,11-16H2,1-5H3/t18-,19+,20+/m0/s1. The molecule has 2 aromatic heterocycles. The van der Waals surface area contributed by atoms with Crippen LogP contribution < -0.4 is 4.90 Å². The van der Waals surface area contributed by atoms with Crippen LogP contribution in [0.15, 0.2) is 30.3 Å². The fourth-order valence-electron chi connectivity index (χ4n) is 5.63. The number of hydrogen-bond acceptors (Lipinski definition) is 7. The smallest absolute Gasteiger partial charge is 0.410 e. The summed E-state index contributed by atoms with van der Waals surface area (Å²) in [5, 5.41) is -0.270. The van der Waals surface area contributed by atoms with Crippen LogP contribution in [0.25, 0.3) is 10.9 Å². The largest absolute Gasteiger partial charge is 0.445 e. The molecule has 1 aromatic carbocycles. The number of fused-ring (bicyclic) bond motifs is 3. The number of pyridine rings is 1. The molecule has 8 nitrogen and oxygen atoms in total. The Hall–Kier alpha value is -2.24. The van der Waals surface area contributed by atoms with E-state index in [1.54, 1.807) is 0 Å². The average molecular weight is 655 g/mol. The van der Waals surface area contributed by atoms with Gasteiger partial charge < -0.3 is 14.1 Å². The second-order valence-corrected chi connectivity index (χ2v) is 18.3. The van der Waals surface area contributed by atoms with E-state index in [4.69, 9.17) is 44.0 Å². The van der Waals surface area contributed by atoms with E-state index in [2.05, 4.69) is 53.7 Å². The number of ether oxygens (including phenoxy) is 1. The van der Waals surface area contributed by atoms with Gasteiger partial charge in [0.1, 0.15) is 23.1 Å². The topological polar surface area (TPSA) is 80.7 Å². The predicted molar refractivity (Wildman–Crippen MR) is 166 cm³/mol. The van der Waals surface area contributed by atoms with Crippen LogP contribution in [0.2, 0.25) is 33.7 Å². The lowest BCUT2D eigenvalue weighted by Gasteiger charge is -2.47. The molecule has 1 amide bonds. The van der Waals surface area contributed by atoms with Gasteiger partial charge in [-0.1, -0.05) is 74.3 Å². The summed E-state index contributed by atoms with van der Waals surface area (Å²) in [6.45, 7) is 12.1. The summed E-state index contributed by atoms with van der Waals surface area (Å²) in [6, 6.07) is 9.02. The van der Waals surface area contributed by atoms with E-state index < -0.39 is 19.3 Å². The number of carbonyl (C=O) groups excluding carboxylic acids is 1. The van der Waals surface area contributed by atoms with E-state index >= 15 is 4.39 Å². The second-order valence-electron chi connectivity index (χ2n) is 12.4. The van der Waals surface area contributed by atoms with E-state index in [0.29, 0.717) is 25.4 Å². The first-order valence-corrected chi connectivity index (χ1v) is 18.1. The molecule has 2 fully saturated rings. The quantitative estimate of drug-likeness (QED) is 0.146. The van der Waals surface area contributed by atoms with Crippen LogP contribution in [0.1, 0.15) is 45.6 Å². The number of hydrogen-bond donors (Lipinski definition) is 0. The molecule has 0 N–H and O–H groups in total. The zero-order valence-electron chi connectivity index (χ0n) is 24.3. The summed E-state index contributed by atoms with van der Waals surface area (Å²) in [7, 11) is -2.04. The van der Waals surface area contributed by atoms with Gasteiger partial charge in [-0.25, -0.2) is 19.2 Å². The van der Waals surface area contributed by atoms with Crippen molar-refractivity contribution in [2.75, 3.05) is 18.1 Å². The van der Waals surface area contributed by atoms with Gasteiger partial charge in [-0.2, -0.15) is 4.98 Å². The first-order chi connectivity index (χ1) is 19.8. The predicted octanol–water partition coefficient (Wildman–Crippen LogP) is 7.89. The highest BCUT2D eigenvalue weighted by atomic mass is 35.5. The van der Waals surface area contributed by atoms with Crippen molar-refractivity contribution in [2.24, 2.45) is 0 Å². The van der Waals surface area contributed by atoms with Crippen molar-refractivity contribution in [3.63, 3.8) is 0 Å². The molecule has 13 heteroatoms. The molecule has 3 aromatic rings. The van der Waals surface area contributed by atoms with E-state index in [1.807, 2.05) is 35.2 Å². The Morgan fingerprint density at radius 2 is 1.79 bits per heavy atom. The number of aromatic nitrogens is 3. The summed E-state index contributed by atoms with van der Waals surface area (Å²) in [4.78, 5) is 30.0. The number of halogens is 4. The molecular formula is C29H35Cl3FN5O3Si. The molecule has 0 saturated carbocycles. The highest BCUT2D eigenvalue weighted by Gasteiger charge is 2.50. The van der Waals surface area contributed by atoms with Crippen molar-refractivity contribution in [1.29, 1.82) is 0 Å². The van der Waals surface area contributed by atoms with Crippen molar-refractivity contribution in [2.45, 2.75) is 82.9 Å². The maximum Gasteiger partial charge on any atom is 0.410 e. The second kappa shape index (κ2) is 12.0. The Morgan fingerprint density at radius 3 is 2.48 bits per heavy atom. The van der Waals surface area contributed by atoms with Crippen molar-refractivity contribution in [3.05, 3.63) is 57.3 Å². The minimum absolute atomic E-state index is 0.0172. The Balaban J connectivity index is 1.49. The molecule has 42 heavy (non-hydrogen) atoms. The number of nitrogens with zero attached hydrogens (tertiary/aromatic N) is 5. The zero-order valence-corrected chi connectivity index (χ0v) is 27.6. The minimum Gasteiger partial charge on any atom is -0.445 e. The lowest BCUT2D eigenvalue weighted by Crippen LogP contribution is -2.62. The summed E-state index contributed by atoms with van der Waals surface area (Å²) in [6.07, 6.45) is 1.79. The molecule has 0 spiro atoms. The third kappa shape index (κ3) is 6.06. The van der Waals surface area contributed by atoms with E-state index in [1.165, 1.54) is 0 Å². The Morgan fingerprint density at radius 1 is 1.07 bits per heavy atom. The van der Waals surface area contributed by atoms with Gasteiger partial charge in [0, 0.05) is 13.2 Å². The Labute approximate surface area is 261 Å². The average Bonchev–Trinajstić information content (AvgIpc) is 3.25. The lowest BCUT2D eigenvalue weighted by molar-refractivity contribution is 0.0611. The molecule has 0 aliphatic carbocycles. The molecule has 5 rings (SSSR count). The van der Waals surface area contributed by atoms with Gasteiger partial charge in [-0.15, -0.1) is 0 Å². The minimum atomic E-state index is -2.04. The van der Waals surface area contributed by atoms with Crippen LogP contribution in [-0.2, 0) is 15.8 Å². The van der Waals surface area contributed by atoms with Crippen LogP contribution in [0.3, 0.4) is 0 Å². The molecular weight excluding hydrogens is 620 g/mol. The van der Waals surface area contributed by atoms with Crippen molar-refractivity contribution >= 4 is 65.9 Å². The molecule has 4 heterocycles. The monoisotopic (exact) mass is 653 g/mol. The number of anilines is 1. The summed E-state index contributed by atoms with van der Waals surface area (Å²) < 4.78 is 27.4. The van der Waals surface area contributed by atoms with Gasteiger partial charge in [0.2, 0.25) is 5.28 Å². The van der Waals surface area contributed by atoms with Crippen molar-refractivity contribution in [1.82, 2.24) is 19.9 Å². The van der Waals surface area contributed by atoms with Crippen LogP contribution in [0.5, 0.6) is 0 Å². The fraction of sp³-hybridized carbons (Fsp3) is 0.517. The number of amides is 1. The molecule has 2 bridgehead atoms. The molecule has 3 atom stereocenters.